The smallest absolute Gasteiger partial charge is 0.146 e. The van der Waals surface area contributed by atoms with Gasteiger partial charge in [0.25, 0.3) is 0 Å². The maximum atomic E-state index is 13.5. The monoisotopic (exact) mass is 259 g/mol. The Morgan fingerprint density at radius 1 is 1.47 bits per heavy atom. The molecule has 0 saturated carbocycles. The Morgan fingerprint density at radius 2 is 2.24 bits per heavy atom. The topological polar surface area (TPSA) is 49.3 Å². The van der Waals surface area contributed by atoms with Gasteiger partial charge in [-0.05, 0) is 18.1 Å². The van der Waals surface area contributed by atoms with Crippen LogP contribution in [0.5, 0.6) is 0 Å². The molecule has 0 atom stereocenters. The number of Topliss-reactive ketones (excluding diaryl/α,β-unsaturated/α-hetero) is 1. The SMILES string of the molecule is O=C(CCc1cccc(Cl)c1F)CNCCO. The number of carbonyl (C=O) groups excluding carboxylic acids is 1. The summed E-state index contributed by atoms with van der Waals surface area (Å²) in [5.74, 6) is -0.469. The van der Waals surface area contributed by atoms with E-state index >= 15 is 0 Å². The molecule has 0 radical (unpaired) electrons. The first-order valence-electron chi connectivity index (χ1n) is 5.41. The summed E-state index contributed by atoms with van der Waals surface area (Å²) >= 11 is 5.63. The van der Waals surface area contributed by atoms with Gasteiger partial charge >= 0.3 is 0 Å². The lowest BCUT2D eigenvalue weighted by Gasteiger charge is -2.05. The molecule has 0 aliphatic carbocycles. The number of ketones is 1. The molecule has 3 nitrogen and oxygen atoms in total. The fourth-order valence-corrected chi connectivity index (χ4v) is 1.60. The molecular weight excluding hydrogens is 245 g/mol. The average Bonchev–Trinajstić information content (AvgIpc) is 2.31. The molecule has 0 spiro atoms. The van der Waals surface area contributed by atoms with E-state index in [1.54, 1.807) is 12.1 Å². The maximum Gasteiger partial charge on any atom is 0.146 e. The van der Waals surface area contributed by atoms with Crippen LogP contribution in [-0.2, 0) is 11.2 Å². The summed E-state index contributed by atoms with van der Waals surface area (Å²) in [7, 11) is 0. The first-order valence-corrected chi connectivity index (χ1v) is 5.79. The van der Waals surface area contributed by atoms with E-state index in [2.05, 4.69) is 5.32 Å². The van der Waals surface area contributed by atoms with Crippen LogP contribution < -0.4 is 5.32 Å². The summed E-state index contributed by atoms with van der Waals surface area (Å²) in [4.78, 5) is 11.4. The molecule has 17 heavy (non-hydrogen) atoms. The van der Waals surface area contributed by atoms with Crippen molar-refractivity contribution in [2.45, 2.75) is 12.8 Å². The molecule has 0 aromatic heterocycles. The second kappa shape index (κ2) is 7.37. The molecule has 2 N–H and O–H groups in total. The lowest BCUT2D eigenvalue weighted by atomic mass is 10.1. The van der Waals surface area contributed by atoms with E-state index in [1.165, 1.54) is 6.07 Å². The van der Waals surface area contributed by atoms with Gasteiger partial charge in [0.05, 0.1) is 18.2 Å². The van der Waals surface area contributed by atoms with Crippen LogP contribution in [0.1, 0.15) is 12.0 Å². The Hall–Kier alpha value is -0.970. The minimum Gasteiger partial charge on any atom is -0.395 e. The van der Waals surface area contributed by atoms with E-state index in [9.17, 15) is 9.18 Å². The van der Waals surface area contributed by atoms with Gasteiger partial charge in [-0.1, -0.05) is 23.7 Å². The van der Waals surface area contributed by atoms with Crippen molar-refractivity contribution in [3.63, 3.8) is 0 Å². The van der Waals surface area contributed by atoms with Crippen molar-refractivity contribution < 1.29 is 14.3 Å². The zero-order valence-corrected chi connectivity index (χ0v) is 10.1. The zero-order chi connectivity index (χ0) is 12.7. The highest BCUT2D eigenvalue weighted by Gasteiger charge is 2.08. The summed E-state index contributed by atoms with van der Waals surface area (Å²) in [6, 6.07) is 4.76. The summed E-state index contributed by atoms with van der Waals surface area (Å²) in [5, 5.41) is 11.4. The highest BCUT2D eigenvalue weighted by molar-refractivity contribution is 6.30. The van der Waals surface area contributed by atoms with Gasteiger partial charge in [-0.3, -0.25) is 4.79 Å². The third-order valence-corrected chi connectivity index (χ3v) is 2.61. The normalized spacial score (nSPS) is 10.5. The molecule has 0 amide bonds. The van der Waals surface area contributed by atoms with Crippen LogP contribution >= 0.6 is 11.6 Å². The Bertz CT molecular complexity index is 385. The molecule has 0 saturated heterocycles. The number of hydrogen-bond donors (Lipinski definition) is 2. The fraction of sp³-hybridized carbons (Fsp3) is 0.417. The minimum absolute atomic E-state index is 0.00377. The molecule has 0 aliphatic rings. The Labute approximate surface area is 105 Å². The van der Waals surface area contributed by atoms with Crippen molar-refractivity contribution in [1.29, 1.82) is 0 Å². The number of nitrogens with one attached hydrogen (secondary N) is 1. The zero-order valence-electron chi connectivity index (χ0n) is 9.38. The number of halogens is 2. The van der Waals surface area contributed by atoms with E-state index in [-0.39, 0.29) is 30.4 Å². The van der Waals surface area contributed by atoms with Crippen LogP contribution in [0, 0.1) is 5.82 Å². The molecule has 1 rings (SSSR count). The number of hydrogen-bond acceptors (Lipinski definition) is 3. The van der Waals surface area contributed by atoms with Gasteiger partial charge in [0, 0.05) is 13.0 Å². The van der Waals surface area contributed by atoms with Gasteiger partial charge in [0.1, 0.15) is 11.6 Å². The Kier molecular flexibility index (Phi) is 6.11. The number of aliphatic hydroxyl groups is 1. The summed E-state index contributed by atoms with van der Waals surface area (Å²) in [6.45, 7) is 0.580. The van der Waals surface area contributed by atoms with E-state index < -0.39 is 5.82 Å². The van der Waals surface area contributed by atoms with Crippen LogP contribution in [0.25, 0.3) is 0 Å². The van der Waals surface area contributed by atoms with Crippen molar-refractivity contribution in [1.82, 2.24) is 5.32 Å². The number of aliphatic hydroxyl groups excluding tert-OH is 1. The molecular formula is C12H15ClFNO2. The van der Waals surface area contributed by atoms with Crippen molar-refractivity contribution in [2.75, 3.05) is 19.7 Å². The number of carbonyl (C=O) groups is 1. The van der Waals surface area contributed by atoms with E-state index in [1.807, 2.05) is 0 Å². The van der Waals surface area contributed by atoms with Crippen LogP contribution in [0.15, 0.2) is 18.2 Å². The van der Waals surface area contributed by atoms with Crippen LogP contribution in [-0.4, -0.2) is 30.6 Å². The molecule has 94 valence electrons. The third kappa shape index (κ3) is 4.81. The van der Waals surface area contributed by atoms with Crippen molar-refractivity contribution in [3.05, 3.63) is 34.6 Å². The van der Waals surface area contributed by atoms with Gasteiger partial charge in [-0.25, -0.2) is 4.39 Å². The summed E-state index contributed by atoms with van der Waals surface area (Å²) in [5.41, 5.74) is 0.452. The van der Waals surface area contributed by atoms with Gasteiger partial charge in [0.2, 0.25) is 0 Å². The third-order valence-electron chi connectivity index (χ3n) is 2.32. The van der Waals surface area contributed by atoms with E-state index in [4.69, 9.17) is 16.7 Å². The summed E-state index contributed by atoms with van der Waals surface area (Å²) in [6.07, 6.45) is 0.599. The second-order valence-electron chi connectivity index (χ2n) is 3.65. The minimum atomic E-state index is -0.453. The standard InChI is InChI=1S/C12H15ClFNO2/c13-11-3-1-2-9(12(11)14)4-5-10(17)8-15-6-7-16/h1-3,15-16H,4-8H2. The molecule has 1 aromatic rings. The highest BCUT2D eigenvalue weighted by Crippen LogP contribution is 2.18. The van der Waals surface area contributed by atoms with Crippen LogP contribution in [0.2, 0.25) is 5.02 Å². The molecule has 0 aliphatic heterocycles. The Balaban J connectivity index is 2.39. The quantitative estimate of drug-likeness (QED) is 0.731. The lowest BCUT2D eigenvalue weighted by molar-refractivity contribution is -0.118. The summed E-state index contributed by atoms with van der Waals surface area (Å²) < 4.78 is 13.5. The van der Waals surface area contributed by atoms with Crippen LogP contribution in [0.3, 0.4) is 0 Å². The van der Waals surface area contributed by atoms with Gasteiger partial charge in [-0.15, -0.1) is 0 Å². The molecule has 0 heterocycles. The van der Waals surface area contributed by atoms with E-state index in [0.29, 0.717) is 18.5 Å². The fourth-order valence-electron chi connectivity index (χ4n) is 1.41. The first-order chi connectivity index (χ1) is 8.15. The van der Waals surface area contributed by atoms with Crippen LogP contribution in [0.4, 0.5) is 4.39 Å². The molecule has 0 unspecified atom stereocenters. The first kappa shape index (κ1) is 14.1. The number of rotatable bonds is 7. The Morgan fingerprint density at radius 3 is 2.94 bits per heavy atom. The largest absolute Gasteiger partial charge is 0.395 e. The highest BCUT2D eigenvalue weighted by atomic mass is 35.5. The predicted molar refractivity (Wildman–Crippen MR) is 64.7 cm³/mol. The lowest BCUT2D eigenvalue weighted by Crippen LogP contribution is -2.25. The second-order valence-corrected chi connectivity index (χ2v) is 4.06. The maximum absolute atomic E-state index is 13.5. The molecule has 0 fully saturated rings. The van der Waals surface area contributed by atoms with Crippen molar-refractivity contribution in [2.24, 2.45) is 0 Å². The molecule has 5 heteroatoms. The van der Waals surface area contributed by atoms with E-state index in [0.717, 1.165) is 0 Å². The van der Waals surface area contributed by atoms with Crippen molar-refractivity contribution >= 4 is 17.4 Å². The van der Waals surface area contributed by atoms with Gasteiger partial charge in [-0.2, -0.15) is 0 Å². The van der Waals surface area contributed by atoms with Gasteiger partial charge < -0.3 is 10.4 Å². The average molecular weight is 260 g/mol. The molecule has 0 bridgehead atoms. The number of aryl methyl sites for hydroxylation is 1. The molecule has 1 aromatic carbocycles. The predicted octanol–water partition coefficient (Wildman–Crippen LogP) is 1.56. The number of benzene rings is 1. The van der Waals surface area contributed by atoms with Gasteiger partial charge in [0.15, 0.2) is 0 Å². The van der Waals surface area contributed by atoms with Crippen molar-refractivity contribution in [3.8, 4) is 0 Å².